The van der Waals surface area contributed by atoms with Crippen LogP contribution in [0.15, 0.2) is 11.6 Å². The molecule has 3 fully saturated rings. The molecule has 8 atom stereocenters. The molecule has 0 amide bonds. The topological polar surface area (TPSA) is 40.5 Å². The highest BCUT2D eigenvalue weighted by molar-refractivity contribution is 5.20. The lowest BCUT2D eigenvalue weighted by molar-refractivity contribution is -0.0296. The van der Waals surface area contributed by atoms with Crippen molar-refractivity contribution in [3.05, 3.63) is 11.6 Å². The smallest absolute Gasteiger partial charge is 0.0577 e. The molecule has 25 heavy (non-hydrogen) atoms. The first-order valence-corrected chi connectivity index (χ1v) is 11.0. The third-order valence-corrected chi connectivity index (χ3v) is 9.00. The van der Waals surface area contributed by atoms with Crippen molar-refractivity contribution in [3.63, 3.8) is 0 Å². The number of aliphatic hydroxyl groups is 2. The Bertz CT molecular complexity index is 512. The van der Waals surface area contributed by atoms with Crippen LogP contribution in [0.25, 0.3) is 0 Å². The average molecular weight is 347 g/mol. The molecule has 2 nitrogen and oxygen atoms in total. The molecule has 0 aromatic carbocycles. The molecule has 0 bridgehead atoms. The zero-order valence-electron chi connectivity index (χ0n) is 16.3. The van der Waals surface area contributed by atoms with Gasteiger partial charge in [-0.25, -0.2) is 0 Å². The molecule has 2 N–H and O–H groups in total. The van der Waals surface area contributed by atoms with Crippen molar-refractivity contribution >= 4 is 0 Å². The van der Waals surface area contributed by atoms with Gasteiger partial charge in [0.25, 0.3) is 0 Å². The van der Waals surface area contributed by atoms with Crippen molar-refractivity contribution in [2.75, 3.05) is 6.61 Å². The molecule has 3 saturated carbocycles. The Morgan fingerprint density at radius 3 is 2.80 bits per heavy atom. The van der Waals surface area contributed by atoms with Crippen molar-refractivity contribution in [2.45, 2.75) is 84.2 Å². The summed E-state index contributed by atoms with van der Waals surface area (Å²) >= 11 is 0. The van der Waals surface area contributed by atoms with E-state index in [0.29, 0.717) is 12.0 Å². The van der Waals surface area contributed by atoms with Gasteiger partial charge in [-0.3, -0.25) is 0 Å². The third-order valence-electron chi connectivity index (χ3n) is 9.00. The highest BCUT2D eigenvalue weighted by Crippen LogP contribution is 2.64. The van der Waals surface area contributed by atoms with E-state index in [1.807, 2.05) is 0 Å². The van der Waals surface area contributed by atoms with Gasteiger partial charge in [0.15, 0.2) is 0 Å². The van der Waals surface area contributed by atoms with Gasteiger partial charge in [0.05, 0.1) is 6.10 Å². The maximum Gasteiger partial charge on any atom is 0.0577 e. The quantitative estimate of drug-likeness (QED) is 0.708. The summed E-state index contributed by atoms with van der Waals surface area (Å²) in [7, 11) is 0. The summed E-state index contributed by atoms with van der Waals surface area (Å²) in [6, 6.07) is 0. The van der Waals surface area contributed by atoms with Gasteiger partial charge in [0.1, 0.15) is 0 Å². The second-order valence-corrected chi connectivity index (χ2v) is 10.1. The first kappa shape index (κ1) is 18.0. The van der Waals surface area contributed by atoms with Crippen LogP contribution in [0.3, 0.4) is 0 Å². The van der Waals surface area contributed by atoms with Crippen LogP contribution in [0.4, 0.5) is 0 Å². The Kier molecular flexibility index (Phi) is 5.05. The minimum Gasteiger partial charge on any atom is -0.396 e. The minimum atomic E-state index is -0.0730. The van der Waals surface area contributed by atoms with Crippen LogP contribution in [0, 0.1) is 40.9 Å². The molecule has 0 saturated heterocycles. The lowest BCUT2D eigenvalue weighted by Crippen LogP contribution is -2.47. The van der Waals surface area contributed by atoms with E-state index in [2.05, 4.69) is 19.9 Å². The van der Waals surface area contributed by atoms with E-state index < -0.39 is 0 Å². The number of rotatable bonds is 4. The minimum absolute atomic E-state index is 0.0730. The van der Waals surface area contributed by atoms with Gasteiger partial charge in [-0.2, -0.15) is 0 Å². The van der Waals surface area contributed by atoms with Crippen LogP contribution in [0.5, 0.6) is 0 Å². The molecule has 2 heteroatoms. The molecule has 0 aromatic rings. The van der Waals surface area contributed by atoms with E-state index in [4.69, 9.17) is 0 Å². The highest BCUT2D eigenvalue weighted by Gasteiger charge is 2.56. The highest BCUT2D eigenvalue weighted by atomic mass is 16.3. The lowest BCUT2D eigenvalue weighted by atomic mass is 9.51. The maximum absolute atomic E-state index is 10.0. The molecule has 4 unspecified atom stereocenters. The monoisotopic (exact) mass is 346 g/mol. The molecular weight excluding hydrogens is 308 g/mol. The number of hydrogen-bond acceptors (Lipinski definition) is 2. The van der Waals surface area contributed by atoms with Crippen LogP contribution in [0.2, 0.25) is 0 Å². The van der Waals surface area contributed by atoms with Gasteiger partial charge in [0, 0.05) is 6.61 Å². The fourth-order valence-corrected chi connectivity index (χ4v) is 7.84. The molecule has 142 valence electrons. The number of aliphatic hydroxyl groups excluding tert-OH is 2. The normalized spacial score (nSPS) is 47.4. The molecular formula is C23H38O2. The van der Waals surface area contributed by atoms with E-state index in [1.54, 1.807) is 5.57 Å². The molecule has 4 rings (SSSR count). The summed E-state index contributed by atoms with van der Waals surface area (Å²) in [6.07, 6.45) is 14.8. The molecule has 0 heterocycles. The Hall–Kier alpha value is -0.340. The molecule has 4 aliphatic rings. The first-order valence-electron chi connectivity index (χ1n) is 11.0. The van der Waals surface area contributed by atoms with Gasteiger partial charge in [-0.05, 0) is 105 Å². The summed E-state index contributed by atoms with van der Waals surface area (Å²) in [4.78, 5) is 0. The summed E-state index contributed by atoms with van der Waals surface area (Å²) < 4.78 is 0. The van der Waals surface area contributed by atoms with Crippen molar-refractivity contribution in [1.29, 1.82) is 0 Å². The van der Waals surface area contributed by atoms with Crippen molar-refractivity contribution < 1.29 is 10.2 Å². The fraction of sp³-hybridized carbons (Fsp3) is 0.913. The van der Waals surface area contributed by atoms with Crippen LogP contribution in [-0.2, 0) is 0 Å². The Labute approximate surface area is 154 Å². The SMILES string of the molecule is CC(CCCO)[C@H]1CCC2C3CC=C4C[C@@H](O)CC[C@@H]4C3CC[C@@]21C. The Morgan fingerprint density at radius 2 is 2.00 bits per heavy atom. The number of allylic oxidation sites excluding steroid dienone is 1. The van der Waals surface area contributed by atoms with Crippen molar-refractivity contribution in [3.8, 4) is 0 Å². The summed E-state index contributed by atoms with van der Waals surface area (Å²) in [5.41, 5.74) is 2.14. The number of hydrogen-bond donors (Lipinski definition) is 2. The second kappa shape index (κ2) is 7.00. The molecule has 0 spiro atoms. The van der Waals surface area contributed by atoms with E-state index >= 15 is 0 Å². The Balaban J connectivity index is 1.52. The standard InChI is InChI=1S/C23H38O2/c1-15(4-3-13-24)21-9-10-22-20-7-5-16-14-17(25)6-8-18(16)19(20)11-12-23(21,22)2/h5,15,17-22,24-25H,3-4,6-14H2,1-2H3/t15?,17-,18-,19?,20?,21+,22?,23+/m0/s1. The van der Waals surface area contributed by atoms with E-state index in [1.165, 1.54) is 44.9 Å². The molecule has 0 aromatic heterocycles. The zero-order valence-corrected chi connectivity index (χ0v) is 16.3. The predicted octanol–water partition coefficient (Wildman–Crippen LogP) is 4.94. The summed E-state index contributed by atoms with van der Waals surface area (Å²) in [6.45, 7) is 5.41. The van der Waals surface area contributed by atoms with Gasteiger partial charge in [0.2, 0.25) is 0 Å². The zero-order chi connectivity index (χ0) is 17.6. The van der Waals surface area contributed by atoms with Gasteiger partial charge in [-0.15, -0.1) is 0 Å². The Morgan fingerprint density at radius 1 is 1.16 bits per heavy atom. The average Bonchev–Trinajstić information content (AvgIpc) is 2.96. The summed E-state index contributed by atoms with van der Waals surface area (Å²) in [5, 5.41) is 19.3. The van der Waals surface area contributed by atoms with Crippen LogP contribution in [-0.4, -0.2) is 22.9 Å². The van der Waals surface area contributed by atoms with E-state index in [9.17, 15) is 10.2 Å². The summed E-state index contributed by atoms with van der Waals surface area (Å²) in [5.74, 6) is 5.13. The van der Waals surface area contributed by atoms with E-state index in [-0.39, 0.29) is 6.10 Å². The van der Waals surface area contributed by atoms with Crippen LogP contribution >= 0.6 is 0 Å². The van der Waals surface area contributed by atoms with Crippen LogP contribution in [0.1, 0.15) is 78.1 Å². The fourth-order valence-electron chi connectivity index (χ4n) is 7.84. The number of fused-ring (bicyclic) bond motifs is 5. The molecule has 4 aliphatic carbocycles. The largest absolute Gasteiger partial charge is 0.396 e. The molecule has 0 aliphatic heterocycles. The second-order valence-electron chi connectivity index (χ2n) is 10.1. The van der Waals surface area contributed by atoms with Crippen LogP contribution < -0.4 is 0 Å². The van der Waals surface area contributed by atoms with Gasteiger partial charge < -0.3 is 10.2 Å². The van der Waals surface area contributed by atoms with E-state index in [0.717, 1.165) is 54.8 Å². The lowest BCUT2D eigenvalue weighted by Gasteiger charge is -2.54. The third kappa shape index (κ3) is 3.02. The van der Waals surface area contributed by atoms with Crippen molar-refractivity contribution in [2.24, 2.45) is 40.9 Å². The maximum atomic E-state index is 10.0. The molecule has 0 radical (unpaired) electrons. The van der Waals surface area contributed by atoms with Gasteiger partial charge in [-0.1, -0.05) is 25.5 Å². The van der Waals surface area contributed by atoms with Gasteiger partial charge >= 0.3 is 0 Å². The predicted molar refractivity (Wildman–Crippen MR) is 102 cm³/mol. The van der Waals surface area contributed by atoms with Crippen molar-refractivity contribution in [1.82, 2.24) is 0 Å². The first-order chi connectivity index (χ1) is 12.0.